The van der Waals surface area contributed by atoms with Crippen molar-refractivity contribution in [3.8, 4) is 0 Å². The number of thiophene rings is 1. The summed E-state index contributed by atoms with van der Waals surface area (Å²) in [4.78, 5) is 1.17. The van der Waals surface area contributed by atoms with Gasteiger partial charge in [-0.2, -0.15) is 0 Å². The van der Waals surface area contributed by atoms with Gasteiger partial charge in [0.1, 0.15) is 5.82 Å². The summed E-state index contributed by atoms with van der Waals surface area (Å²) in [5, 5.41) is 3.47. The number of hydrogen-bond acceptors (Lipinski definition) is 2. The number of halogens is 2. The molecule has 4 heteroatoms. The molecule has 0 amide bonds. The minimum atomic E-state index is -0.154. The maximum absolute atomic E-state index is 13.8. The van der Waals surface area contributed by atoms with Gasteiger partial charge in [0.2, 0.25) is 0 Å². The molecule has 2 atom stereocenters. The van der Waals surface area contributed by atoms with Gasteiger partial charge in [-0.15, -0.1) is 11.3 Å². The predicted molar refractivity (Wildman–Crippen MR) is 80.3 cm³/mol. The van der Waals surface area contributed by atoms with Crippen LogP contribution in [0.15, 0.2) is 36.4 Å². The summed E-state index contributed by atoms with van der Waals surface area (Å²) in [6.07, 6.45) is 0.838. The van der Waals surface area contributed by atoms with E-state index in [4.69, 9.17) is 11.6 Å². The third kappa shape index (κ3) is 3.56. The van der Waals surface area contributed by atoms with Crippen LogP contribution in [0.2, 0.25) is 4.34 Å². The average Bonchev–Trinajstić information content (AvgIpc) is 2.83. The highest BCUT2D eigenvalue weighted by Gasteiger charge is 2.17. The van der Waals surface area contributed by atoms with E-state index in [9.17, 15) is 4.39 Å². The zero-order chi connectivity index (χ0) is 13.8. The van der Waals surface area contributed by atoms with E-state index in [0.29, 0.717) is 0 Å². The van der Waals surface area contributed by atoms with Crippen molar-refractivity contribution in [1.82, 2.24) is 5.32 Å². The average molecular weight is 298 g/mol. The number of rotatable bonds is 5. The van der Waals surface area contributed by atoms with Crippen molar-refractivity contribution in [2.24, 2.45) is 0 Å². The van der Waals surface area contributed by atoms with Gasteiger partial charge in [-0.05, 0) is 31.5 Å². The normalized spacial score (nSPS) is 14.3. The molecule has 1 nitrogen and oxygen atoms in total. The van der Waals surface area contributed by atoms with Crippen LogP contribution in [0.3, 0.4) is 0 Å². The van der Waals surface area contributed by atoms with Gasteiger partial charge >= 0.3 is 0 Å². The molecule has 19 heavy (non-hydrogen) atoms. The zero-order valence-corrected chi connectivity index (χ0v) is 12.6. The van der Waals surface area contributed by atoms with Crippen molar-refractivity contribution < 1.29 is 4.39 Å². The number of nitrogens with one attached hydrogen (secondary N) is 1. The summed E-state index contributed by atoms with van der Waals surface area (Å²) in [5.41, 5.74) is 0.722. The lowest BCUT2D eigenvalue weighted by atomic mass is 10.0. The van der Waals surface area contributed by atoms with Crippen LogP contribution in [-0.4, -0.2) is 0 Å². The maximum Gasteiger partial charge on any atom is 0.127 e. The maximum atomic E-state index is 13.8. The summed E-state index contributed by atoms with van der Waals surface area (Å²) in [7, 11) is 0. The van der Waals surface area contributed by atoms with E-state index in [1.165, 1.54) is 10.9 Å². The van der Waals surface area contributed by atoms with E-state index < -0.39 is 0 Å². The van der Waals surface area contributed by atoms with Gasteiger partial charge in [0.25, 0.3) is 0 Å². The molecule has 1 aromatic carbocycles. The van der Waals surface area contributed by atoms with Crippen LogP contribution in [-0.2, 0) is 0 Å². The molecule has 2 rings (SSSR count). The molecule has 0 spiro atoms. The molecule has 2 unspecified atom stereocenters. The Morgan fingerprint density at radius 3 is 2.58 bits per heavy atom. The van der Waals surface area contributed by atoms with Crippen LogP contribution in [0.25, 0.3) is 0 Å². The van der Waals surface area contributed by atoms with Gasteiger partial charge in [0.15, 0.2) is 0 Å². The molecule has 0 saturated carbocycles. The van der Waals surface area contributed by atoms with Crippen LogP contribution in [0.5, 0.6) is 0 Å². The van der Waals surface area contributed by atoms with E-state index >= 15 is 0 Å². The van der Waals surface area contributed by atoms with Crippen molar-refractivity contribution in [2.75, 3.05) is 0 Å². The van der Waals surface area contributed by atoms with Crippen LogP contribution in [0.1, 0.15) is 42.8 Å². The molecular weight excluding hydrogens is 281 g/mol. The predicted octanol–water partition coefficient (Wildman–Crippen LogP) is 5.34. The molecule has 0 fully saturated rings. The third-order valence-corrected chi connectivity index (χ3v) is 4.57. The molecule has 0 bridgehead atoms. The molecule has 2 aromatic rings. The Kier molecular flexibility index (Phi) is 4.97. The van der Waals surface area contributed by atoms with Crippen LogP contribution in [0.4, 0.5) is 4.39 Å². The van der Waals surface area contributed by atoms with Gasteiger partial charge in [-0.3, -0.25) is 0 Å². The summed E-state index contributed by atoms with van der Waals surface area (Å²) in [6, 6.07) is 11.0. The quantitative estimate of drug-likeness (QED) is 0.785. The van der Waals surface area contributed by atoms with Crippen molar-refractivity contribution in [3.05, 3.63) is 57.0 Å². The minimum absolute atomic E-state index is 0.0112. The van der Waals surface area contributed by atoms with Crippen molar-refractivity contribution >= 4 is 22.9 Å². The van der Waals surface area contributed by atoms with Gasteiger partial charge in [0, 0.05) is 22.5 Å². The first-order valence-electron chi connectivity index (χ1n) is 6.37. The summed E-state index contributed by atoms with van der Waals surface area (Å²) >= 11 is 7.50. The van der Waals surface area contributed by atoms with Gasteiger partial charge in [0.05, 0.1) is 4.34 Å². The molecule has 1 N–H and O–H groups in total. The van der Waals surface area contributed by atoms with Crippen molar-refractivity contribution in [2.45, 2.75) is 32.4 Å². The molecule has 0 aliphatic heterocycles. The van der Waals surface area contributed by atoms with Crippen LogP contribution in [0, 0.1) is 5.82 Å². The fourth-order valence-corrected chi connectivity index (χ4v) is 3.20. The highest BCUT2D eigenvalue weighted by Crippen LogP contribution is 2.29. The largest absolute Gasteiger partial charge is 0.302 e. The van der Waals surface area contributed by atoms with E-state index in [1.807, 2.05) is 24.3 Å². The highest BCUT2D eigenvalue weighted by molar-refractivity contribution is 7.16. The van der Waals surface area contributed by atoms with E-state index in [-0.39, 0.29) is 17.9 Å². The van der Waals surface area contributed by atoms with E-state index in [0.717, 1.165) is 16.3 Å². The topological polar surface area (TPSA) is 12.0 Å². The summed E-state index contributed by atoms with van der Waals surface area (Å²) in [6.45, 7) is 4.13. The second-order valence-electron chi connectivity index (χ2n) is 4.51. The van der Waals surface area contributed by atoms with Crippen LogP contribution < -0.4 is 5.32 Å². The Labute approximate surface area is 122 Å². The van der Waals surface area contributed by atoms with Gasteiger partial charge < -0.3 is 5.32 Å². The molecule has 0 aliphatic carbocycles. The van der Waals surface area contributed by atoms with E-state index in [1.54, 1.807) is 17.4 Å². The highest BCUT2D eigenvalue weighted by atomic mass is 35.5. The lowest BCUT2D eigenvalue weighted by Gasteiger charge is -2.22. The van der Waals surface area contributed by atoms with Crippen molar-refractivity contribution in [1.29, 1.82) is 0 Å². The first-order valence-corrected chi connectivity index (χ1v) is 7.57. The molecule has 0 radical (unpaired) electrons. The van der Waals surface area contributed by atoms with Crippen LogP contribution >= 0.6 is 22.9 Å². The minimum Gasteiger partial charge on any atom is -0.302 e. The molecule has 1 aromatic heterocycles. The first-order chi connectivity index (χ1) is 9.11. The van der Waals surface area contributed by atoms with Gasteiger partial charge in [-0.25, -0.2) is 4.39 Å². The number of hydrogen-bond donors (Lipinski definition) is 1. The Morgan fingerprint density at radius 1 is 1.26 bits per heavy atom. The fraction of sp³-hybridized carbons (Fsp3) is 0.333. The molecule has 1 heterocycles. The Hall–Kier alpha value is -0.900. The smallest absolute Gasteiger partial charge is 0.127 e. The molecule has 0 saturated heterocycles. The van der Waals surface area contributed by atoms with Crippen molar-refractivity contribution in [3.63, 3.8) is 0 Å². The van der Waals surface area contributed by atoms with Gasteiger partial charge in [-0.1, -0.05) is 36.7 Å². The Balaban J connectivity index is 2.13. The molecule has 0 aliphatic rings. The van der Waals surface area contributed by atoms with E-state index in [2.05, 4.69) is 19.2 Å². The Morgan fingerprint density at radius 2 is 2.00 bits per heavy atom. The second-order valence-corrected chi connectivity index (χ2v) is 6.26. The fourth-order valence-electron chi connectivity index (χ4n) is 2.13. The lowest BCUT2D eigenvalue weighted by Crippen LogP contribution is -2.24. The Bertz CT molecular complexity index is 540. The standard InChI is InChI=1S/C15H17ClFNS/c1-3-13(11-6-4-5-7-12(11)17)18-10(2)14-8-9-15(16)19-14/h4-10,13,18H,3H2,1-2H3. The molecule has 102 valence electrons. The summed E-state index contributed by atoms with van der Waals surface area (Å²) in [5.74, 6) is -0.154. The summed E-state index contributed by atoms with van der Waals surface area (Å²) < 4.78 is 14.6. The SMILES string of the molecule is CCC(NC(C)c1ccc(Cl)s1)c1ccccc1F. The second kappa shape index (κ2) is 6.51. The monoisotopic (exact) mass is 297 g/mol. The third-order valence-electron chi connectivity index (χ3n) is 3.16. The first kappa shape index (κ1) is 14.5. The zero-order valence-electron chi connectivity index (χ0n) is 11.0. The number of benzene rings is 1. The molecular formula is C15H17ClFNS. The lowest BCUT2D eigenvalue weighted by molar-refractivity contribution is 0.443.